The maximum atomic E-state index is 12.0. The van der Waals surface area contributed by atoms with Gasteiger partial charge in [0.15, 0.2) is 0 Å². The zero-order valence-corrected chi connectivity index (χ0v) is 10.8. The van der Waals surface area contributed by atoms with Crippen molar-refractivity contribution in [3.8, 4) is 0 Å². The van der Waals surface area contributed by atoms with Gasteiger partial charge in [0.25, 0.3) is 0 Å². The number of hydrogen-bond donors (Lipinski definition) is 0. The molecule has 1 saturated carbocycles. The third kappa shape index (κ3) is 2.61. The van der Waals surface area contributed by atoms with Crippen molar-refractivity contribution < 1.29 is 14.3 Å². The van der Waals surface area contributed by atoms with Crippen LogP contribution in [0, 0.1) is 11.8 Å². The number of amides is 1. The molecule has 2 aliphatic rings. The largest absolute Gasteiger partial charge is 0.444 e. The van der Waals surface area contributed by atoms with E-state index in [-0.39, 0.29) is 6.09 Å². The number of nitrogens with zero attached hydrogens (tertiary/aromatic N) is 1. The summed E-state index contributed by atoms with van der Waals surface area (Å²) in [6, 6.07) is 0.338. The second kappa shape index (κ2) is 4.31. The van der Waals surface area contributed by atoms with Gasteiger partial charge in [0, 0.05) is 19.0 Å². The Bertz CT molecular complexity index is 321. The summed E-state index contributed by atoms with van der Waals surface area (Å²) in [5.74, 6) is 1.14. The Labute approximate surface area is 102 Å². The van der Waals surface area contributed by atoms with Crippen LogP contribution in [0.5, 0.6) is 0 Å². The molecule has 17 heavy (non-hydrogen) atoms. The molecule has 1 aliphatic heterocycles. The van der Waals surface area contributed by atoms with Crippen LogP contribution in [0.3, 0.4) is 0 Å². The number of carbonyl (C=O) groups is 2. The lowest BCUT2D eigenvalue weighted by Crippen LogP contribution is -2.37. The number of hydrogen-bond acceptors (Lipinski definition) is 3. The molecular formula is C13H21NO3. The second-order valence-electron chi connectivity index (χ2n) is 6.02. The van der Waals surface area contributed by atoms with Crippen LogP contribution in [-0.4, -0.2) is 35.5 Å². The third-order valence-corrected chi connectivity index (χ3v) is 3.60. The monoisotopic (exact) mass is 239 g/mol. The van der Waals surface area contributed by atoms with Crippen molar-refractivity contribution in [1.29, 1.82) is 0 Å². The normalized spacial score (nSPS) is 31.0. The Morgan fingerprint density at radius 3 is 2.76 bits per heavy atom. The van der Waals surface area contributed by atoms with Gasteiger partial charge in [0.05, 0.1) is 0 Å². The Morgan fingerprint density at radius 2 is 2.18 bits per heavy atom. The van der Waals surface area contributed by atoms with E-state index in [1.54, 1.807) is 0 Å². The Hall–Kier alpha value is -1.06. The Balaban J connectivity index is 1.87. The van der Waals surface area contributed by atoms with Gasteiger partial charge in [-0.1, -0.05) is 0 Å². The molecule has 1 aliphatic carbocycles. The summed E-state index contributed by atoms with van der Waals surface area (Å²) < 4.78 is 5.39. The minimum absolute atomic E-state index is 0.196. The highest BCUT2D eigenvalue weighted by atomic mass is 16.6. The van der Waals surface area contributed by atoms with Crippen LogP contribution < -0.4 is 0 Å². The molecule has 3 unspecified atom stereocenters. The van der Waals surface area contributed by atoms with E-state index in [4.69, 9.17) is 4.74 Å². The van der Waals surface area contributed by atoms with Gasteiger partial charge in [-0.05, 0) is 45.4 Å². The van der Waals surface area contributed by atoms with Gasteiger partial charge in [-0.2, -0.15) is 0 Å². The lowest BCUT2D eigenvalue weighted by atomic mass is 10.1. The van der Waals surface area contributed by atoms with Gasteiger partial charge in [0.1, 0.15) is 11.9 Å². The highest BCUT2D eigenvalue weighted by Crippen LogP contribution is 2.53. The molecule has 4 heteroatoms. The molecule has 1 saturated heterocycles. The van der Waals surface area contributed by atoms with Crippen LogP contribution in [0.2, 0.25) is 0 Å². The molecule has 0 aromatic rings. The molecule has 0 radical (unpaired) electrons. The van der Waals surface area contributed by atoms with Crippen molar-refractivity contribution in [2.24, 2.45) is 11.8 Å². The smallest absolute Gasteiger partial charge is 0.410 e. The highest BCUT2D eigenvalue weighted by Gasteiger charge is 2.58. The van der Waals surface area contributed by atoms with Gasteiger partial charge >= 0.3 is 6.09 Å². The third-order valence-electron chi connectivity index (χ3n) is 3.60. The van der Waals surface area contributed by atoms with E-state index in [9.17, 15) is 9.59 Å². The number of ether oxygens (including phenoxy) is 1. The molecule has 2 rings (SSSR count). The lowest BCUT2D eigenvalue weighted by Gasteiger charge is -2.26. The van der Waals surface area contributed by atoms with E-state index in [1.165, 1.54) is 0 Å². The van der Waals surface area contributed by atoms with E-state index < -0.39 is 5.60 Å². The summed E-state index contributed by atoms with van der Waals surface area (Å²) in [6.07, 6.45) is 3.36. The zero-order valence-electron chi connectivity index (χ0n) is 10.8. The summed E-state index contributed by atoms with van der Waals surface area (Å²) in [7, 11) is 0. The topological polar surface area (TPSA) is 46.6 Å². The molecule has 0 aromatic heterocycles. The van der Waals surface area contributed by atoms with Crippen molar-refractivity contribution in [3.63, 3.8) is 0 Å². The average Bonchev–Trinajstić information content (AvgIpc) is 2.69. The Morgan fingerprint density at radius 1 is 1.47 bits per heavy atom. The first-order valence-corrected chi connectivity index (χ1v) is 6.37. The SMILES string of the molecule is CC(C)(C)OC(=O)N1CCC2C(CCC=O)C21. The molecule has 0 spiro atoms. The summed E-state index contributed by atoms with van der Waals surface area (Å²) in [6.45, 7) is 6.46. The van der Waals surface area contributed by atoms with E-state index in [2.05, 4.69) is 0 Å². The fraction of sp³-hybridized carbons (Fsp3) is 0.846. The summed E-state index contributed by atoms with van der Waals surface area (Å²) in [5.41, 5.74) is -0.428. The number of rotatable bonds is 3. The number of likely N-dealkylation sites (tertiary alicyclic amines) is 1. The molecule has 0 aromatic carbocycles. The van der Waals surface area contributed by atoms with Crippen molar-refractivity contribution >= 4 is 12.4 Å². The van der Waals surface area contributed by atoms with Gasteiger partial charge < -0.3 is 14.4 Å². The van der Waals surface area contributed by atoms with Crippen molar-refractivity contribution in [2.75, 3.05) is 6.54 Å². The minimum atomic E-state index is -0.428. The number of fused-ring (bicyclic) bond motifs is 1. The van der Waals surface area contributed by atoms with Crippen molar-refractivity contribution in [3.05, 3.63) is 0 Å². The average molecular weight is 239 g/mol. The number of piperidine rings is 1. The molecule has 1 amide bonds. The van der Waals surface area contributed by atoms with E-state index in [0.29, 0.717) is 24.3 Å². The van der Waals surface area contributed by atoms with Crippen LogP contribution in [0.25, 0.3) is 0 Å². The van der Waals surface area contributed by atoms with Crippen LogP contribution in [0.1, 0.15) is 40.0 Å². The zero-order chi connectivity index (χ0) is 12.6. The Kier molecular flexibility index (Phi) is 3.15. The fourth-order valence-corrected chi connectivity index (χ4v) is 2.89. The highest BCUT2D eigenvalue weighted by molar-refractivity contribution is 5.70. The first-order chi connectivity index (χ1) is 7.94. The maximum absolute atomic E-state index is 12.0. The molecule has 1 heterocycles. The quantitative estimate of drug-likeness (QED) is 0.709. The summed E-state index contributed by atoms with van der Waals surface area (Å²) in [5, 5.41) is 0. The molecule has 3 atom stereocenters. The van der Waals surface area contributed by atoms with Crippen LogP contribution in [-0.2, 0) is 9.53 Å². The van der Waals surface area contributed by atoms with Gasteiger partial charge in [0.2, 0.25) is 0 Å². The first kappa shape index (κ1) is 12.4. The molecule has 2 fully saturated rings. The fourth-order valence-electron chi connectivity index (χ4n) is 2.89. The van der Waals surface area contributed by atoms with Crippen LogP contribution >= 0.6 is 0 Å². The van der Waals surface area contributed by atoms with Crippen LogP contribution in [0.4, 0.5) is 4.79 Å². The first-order valence-electron chi connectivity index (χ1n) is 6.37. The van der Waals surface area contributed by atoms with Crippen LogP contribution in [0.15, 0.2) is 0 Å². The van der Waals surface area contributed by atoms with E-state index in [0.717, 1.165) is 25.7 Å². The summed E-state index contributed by atoms with van der Waals surface area (Å²) in [4.78, 5) is 24.2. The summed E-state index contributed by atoms with van der Waals surface area (Å²) >= 11 is 0. The molecule has 0 N–H and O–H groups in total. The van der Waals surface area contributed by atoms with E-state index in [1.807, 2.05) is 25.7 Å². The molecular weight excluding hydrogens is 218 g/mol. The number of carbonyl (C=O) groups excluding carboxylic acids is 2. The van der Waals surface area contributed by atoms with Gasteiger partial charge in [-0.25, -0.2) is 4.79 Å². The molecule has 4 nitrogen and oxygen atoms in total. The standard InChI is InChI=1S/C13H21NO3/c1-13(2,3)17-12(16)14-7-6-10-9(11(10)14)5-4-8-15/h8-11H,4-7H2,1-3H3. The maximum Gasteiger partial charge on any atom is 0.410 e. The van der Waals surface area contributed by atoms with Crippen molar-refractivity contribution in [2.45, 2.75) is 51.7 Å². The molecule has 0 bridgehead atoms. The number of aldehydes is 1. The predicted molar refractivity (Wildman–Crippen MR) is 63.6 cm³/mol. The molecule has 96 valence electrons. The minimum Gasteiger partial charge on any atom is -0.444 e. The van der Waals surface area contributed by atoms with Gasteiger partial charge in [-0.15, -0.1) is 0 Å². The van der Waals surface area contributed by atoms with Gasteiger partial charge in [-0.3, -0.25) is 0 Å². The van der Waals surface area contributed by atoms with Crippen molar-refractivity contribution in [1.82, 2.24) is 4.90 Å². The predicted octanol–water partition coefficient (Wildman–Crippen LogP) is 2.22. The lowest BCUT2D eigenvalue weighted by molar-refractivity contribution is -0.108. The second-order valence-corrected chi connectivity index (χ2v) is 6.02. The van der Waals surface area contributed by atoms with E-state index >= 15 is 0 Å².